The Balaban J connectivity index is 1.61. The van der Waals surface area contributed by atoms with Crippen LogP contribution in [0.1, 0.15) is 11.1 Å². The molecule has 0 radical (unpaired) electrons. The second kappa shape index (κ2) is 6.45. The van der Waals surface area contributed by atoms with Gasteiger partial charge in [-0.3, -0.25) is 9.69 Å². The molecule has 4 rings (SSSR count). The van der Waals surface area contributed by atoms with Crippen molar-refractivity contribution in [2.45, 2.75) is 6.54 Å². The van der Waals surface area contributed by atoms with E-state index in [-0.39, 0.29) is 24.6 Å². The van der Waals surface area contributed by atoms with E-state index in [0.717, 1.165) is 4.90 Å². The first-order chi connectivity index (χ1) is 12.5. The Bertz CT molecular complexity index is 960. The molecule has 1 fully saturated rings. The summed E-state index contributed by atoms with van der Waals surface area (Å²) in [5.41, 5.74) is 1.01. The minimum absolute atomic E-state index is 0.103. The van der Waals surface area contributed by atoms with Crippen molar-refractivity contribution < 1.29 is 23.5 Å². The molecule has 0 saturated carbocycles. The maximum atomic E-state index is 13.8. The van der Waals surface area contributed by atoms with Gasteiger partial charge in [0.25, 0.3) is 5.91 Å². The van der Waals surface area contributed by atoms with Gasteiger partial charge in [0.05, 0.1) is 6.54 Å². The number of amides is 3. The van der Waals surface area contributed by atoms with Gasteiger partial charge in [0.1, 0.15) is 11.5 Å². The Labute approximate surface area is 156 Å². The second-order valence-corrected chi connectivity index (χ2v) is 6.55. The number of rotatable bonds is 3. The maximum absolute atomic E-state index is 13.8. The van der Waals surface area contributed by atoms with Crippen molar-refractivity contribution in [2.24, 2.45) is 0 Å². The number of hydrogen-bond acceptors (Lipinski definition) is 4. The van der Waals surface area contributed by atoms with Gasteiger partial charge >= 0.3 is 6.03 Å². The van der Waals surface area contributed by atoms with Crippen molar-refractivity contribution in [1.29, 1.82) is 0 Å². The van der Waals surface area contributed by atoms with Gasteiger partial charge in [0, 0.05) is 10.0 Å². The smallest absolute Gasteiger partial charge is 0.329 e. The lowest BCUT2D eigenvalue weighted by Crippen LogP contribution is -2.30. The summed E-state index contributed by atoms with van der Waals surface area (Å²) >= 11 is 3.40. The molecule has 1 saturated heterocycles. The highest BCUT2D eigenvalue weighted by molar-refractivity contribution is 9.10. The molecule has 1 N–H and O–H groups in total. The summed E-state index contributed by atoms with van der Waals surface area (Å²) in [5, 5.41) is 2.52. The largest absolute Gasteiger partial charge is 0.454 e. The van der Waals surface area contributed by atoms with Gasteiger partial charge in [-0.05, 0) is 29.8 Å². The molecule has 8 heteroatoms. The van der Waals surface area contributed by atoms with Crippen LogP contribution in [0.25, 0.3) is 6.08 Å². The molecule has 0 unspecified atom stereocenters. The monoisotopic (exact) mass is 418 g/mol. The van der Waals surface area contributed by atoms with Crippen LogP contribution in [0.5, 0.6) is 11.5 Å². The second-order valence-electron chi connectivity index (χ2n) is 5.70. The number of carbonyl (C=O) groups is 2. The fraction of sp³-hybridized carbons (Fsp3) is 0.111. The summed E-state index contributed by atoms with van der Waals surface area (Å²) in [6, 6.07) is 8.86. The maximum Gasteiger partial charge on any atom is 0.329 e. The topological polar surface area (TPSA) is 67.9 Å². The first-order valence-electron chi connectivity index (χ1n) is 7.70. The molecule has 2 aromatic carbocycles. The van der Waals surface area contributed by atoms with E-state index in [1.165, 1.54) is 18.2 Å². The first-order valence-corrected chi connectivity index (χ1v) is 8.49. The average Bonchev–Trinajstić information content (AvgIpc) is 3.16. The van der Waals surface area contributed by atoms with Crippen LogP contribution in [0.3, 0.4) is 0 Å². The number of urea groups is 1. The molecular formula is C18H12BrFN2O4. The summed E-state index contributed by atoms with van der Waals surface area (Å²) in [6.45, 7) is -0.00906. The summed E-state index contributed by atoms with van der Waals surface area (Å²) in [4.78, 5) is 25.7. The van der Waals surface area contributed by atoms with E-state index < -0.39 is 17.8 Å². The summed E-state index contributed by atoms with van der Waals surface area (Å²) in [7, 11) is 0. The Kier molecular flexibility index (Phi) is 4.12. The van der Waals surface area contributed by atoms with Crippen LogP contribution in [-0.4, -0.2) is 23.6 Å². The van der Waals surface area contributed by atoms with Crippen LogP contribution in [-0.2, 0) is 11.3 Å². The number of ether oxygens (including phenoxy) is 2. The van der Waals surface area contributed by atoms with Crippen LogP contribution in [0.4, 0.5) is 9.18 Å². The van der Waals surface area contributed by atoms with E-state index >= 15 is 0 Å². The van der Waals surface area contributed by atoms with Gasteiger partial charge in [0.15, 0.2) is 11.5 Å². The third-order valence-electron chi connectivity index (χ3n) is 4.04. The summed E-state index contributed by atoms with van der Waals surface area (Å²) in [5.74, 6) is 0.161. The van der Waals surface area contributed by atoms with Crippen molar-refractivity contribution in [1.82, 2.24) is 10.2 Å². The zero-order chi connectivity index (χ0) is 18.3. The fourth-order valence-electron chi connectivity index (χ4n) is 2.71. The van der Waals surface area contributed by atoms with Crippen LogP contribution >= 0.6 is 15.9 Å². The van der Waals surface area contributed by atoms with Gasteiger partial charge < -0.3 is 14.8 Å². The van der Waals surface area contributed by atoms with Crippen molar-refractivity contribution in [3.05, 3.63) is 63.5 Å². The van der Waals surface area contributed by atoms with Crippen LogP contribution < -0.4 is 14.8 Å². The molecule has 2 heterocycles. The van der Waals surface area contributed by atoms with Crippen LogP contribution in [0.2, 0.25) is 0 Å². The van der Waals surface area contributed by atoms with Gasteiger partial charge in [-0.1, -0.05) is 34.1 Å². The SMILES string of the molecule is O=C1N/C(=C\c2cc3c(cc2Br)OCO3)C(=O)N1Cc1ccccc1F. The molecule has 2 aliphatic rings. The lowest BCUT2D eigenvalue weighted by Gasteiger charge is -2.12. The molecule has 0 aromatic heterocycles. The van der Waals surface area contributed by atoms with Gasteiger partial charge in [-0.25, -0.2) is 9.18 Å². The highest BCUT2D eigenvalue weighted by Crippen LogP contribution is 2.37. The first kappa shape index (κ1) is 16.6. The summed E-state index contributed by atoms with van der Waals surface area (Å²) in [6.07, 6.45) is 1.54. The van der Waals surface area contributed by atoms with Gasteiger partial charge in [-0.15, -0.1) is 0 Å². The average molecular weight is 419 g/mol. The van der Waals surface area contributed by atoms with E-state index in [1.54, 1.807) is 24.3 Å². The molecule has 0 spiro atoms. The van der Waals surface area contributed by atoms with Crippen molar-refractivity contribution in [3.63, 3.8) is 0 Å². The zero-order valence-corrected chi connectivity index (χ0v) is 14.9. The molecule has 2 aliphatic heterocycles. The lowest BCUT2D eigenvalue weighted by atomic mass is 10.1. The molecule has 3 amide bonds. The van der Waals surface area contributed by atoms with Crippen molar-refractivity contribution >= 4 is 33.9 Å². The lowest BCUT2D eigenvalue weighted by molar-refractivity contribution is -0.123. The number of fused-ring (bicyclic) bond motifs is 1. The number of imide groups is 1. The van der Waals surface area contributed by atoms with Crippen molar-refractivity contribution in [2.75, 3.05) is 6.79 Å². The molecule has 0 atom stereocenters. The number of nitrogens with zero attached hydrogens (tertiary/aromatic N) is 1. The summed E-state index contributed by atoms with van der Waals surface area (Å²) < 4.78 is 25.1. The van der Waals surface area contributed by atoms with Crippen LogP contribution in [0, 0.1) is 5.82 Å². The third kappa shape index (κ3) is 2.92. The molecule has 132 valence electrons. The Morgan fingerprint density at radius 3 is 2.69 bits per heavy atom. The fourth-order valence-corrected chi connectivity index (χ4v) is 3.15. The predicted octanol–water partition coefficient (Wildman–Crippen LogP) is 3.41. The molecule has 6 nitrogen and oxygen atoms in total. The highest BCUT2D eigenvalue weighted by atomic mass is 79.9. The normalized spacial score (nSPS) is 17.2. The minimum Gasteiger partial charge on any atom is -0.454 e. The molecule has 2 aromatic rings. The quantitative estimate of drug-likeness (QED) is 0.612. The third-order valence-corrected chi connectivity index (χ3v) is 4.73. The Hall–Kier alpha value is -2.87. The molecule has 0 bridgehead atoms. The number of benzene rings is 2. The predicted molar refractivity (Wildman–Crippen MR) is 93.7 cm³/mol. The van der Waals surface area contributed by atoms with E-state index in [4.69, 9.17) is 9.47 Å². The van der Waals surface area contributed by atoms with E-state index in [0.29, 0.717) is 21.5 Å². The number of carbonyl (C=O) groups excluding carboxylic acids is 2. The van der Waals surface area contributed by atoms with E-state index in [1.807, 2.05) is 0 Å². The standard InChI is InChI=1S/C18H12BrFN2O4/c19-12-7-16-15(25-9-26-16)6-11(12)5-14-17(23)22(18(24)21-14)8-10-3-1-2-4-13(10)20/h1-7H,8-9H2,(H,21,24)/b14-5-. The van der Waals surface area contributed by atoms with E-state index in [9.17, 15) is 14.0 Å². The molecule has 26 heavy (non-hydrogen) atoms. The molecule has 0 aliphatic carbocycles. The van der Waals surface area contributed by atoms with Gasteiger partial charge in [-0.2, -0.15) is 0 Å². The molecular weight excluding hydrogens is 407 g/mol. The zero-order valence-electron chi connectivity index (χ0n) is 13.3. The Morgan fingerprint density at radius 2 is 1.92 bits per heavy atom. The van der Waals surface area contributed by atoms with Crippen molar-refractivity contribution in [3.8, 4) is 11.5 Å². The Morgan fingerprint density at radius 1 is 1.19 bits per heavy atom. The number of halogens is 2. The number of nitrogens with one attached hydrogen (secondary N) is 1. The van der Waals surface area contributed by atoms with Gasteiger partial charge in [0.2, 0.25) is 6.79 Å². The van der Waals surface area contributed by atoms with E-state index in [2.05, 4.69) is 21.2 Å². The van der Waals surface area contributed by atoms with Crippen LogP contribution in [0.15, 0.2) is 46.6 Å². The minimum atomic E-state index is -0.596. The number of hydrogen-bond donors (Lipinski definition) is 1. The highest BCUT2D eigenvalue weighted by Gasteiger charge is 2.34.